The molecule has 222 valence electrons. The SMILES string of the molecule is CC(C)c1ccc(NC(=O)[C@@H]2[C@@H]3C=C[C@]4(O3)[C@@H]2C(=O)N(CCN2CCOCC2)[C@H]4C(=O)N[C@H]2CCCC[C@@H]2C)cc1. The van der Waals surface area contributed by atoms with Gasteiger partial charge in [-0.2, -0.15) is 0 Å². The van der Waals surface area contributed by atoms with Gasteiger partial charge in [0.05, 0.1) is 31.2 Å². The lowest BCUT2D eigenvalue weighted by Gasteiger charge is -2.36. The second-order valence-electron chi connectivity index (χ2n) is 12.8. The van der Waals surface area contributed by atoms with Gasteiger partial charge in [0, 0.05) is 37.9 Å². The van der Waals surface area contributed by atoms with Gasteiger partial charge >= 0.3 is 0 Å². The summed E-state index contributed by atoms with van der Waals surface area (Å²) in [4.78, 5) is 46.0. The summed E-state index contributed by atoms with van der Waals surface area (Å²) in [6.07, 6.45) is 7.53. The fraction of sp³-hybridized carbons (Fsp3) is 0.656. The summed E-state index contributed by atoms with van der Waals surface area (Å²) in [5, 5.41) is 6.34. The van der Waals surface area contributed by atoms with Gasteiger partial charge in [0.1, 0.15) is 11.6 Å². The van der Waals surface area contributed by atoms with Gasteiger partial charge in [-0.3, -0.25) is 19.3 Å². The van der Waals surface area contributed by atoms with Crippen LogP contribution in [0.1, 0.15) is 57.9 Å². The summed E-state index contributed by atoms with van der Waals surface area (Å²) < 4.78 is 12.0. The van der Waals surface area contributed by atoms with Crippen molar-refractivity contribution in [3.05, 3.63) is 42.0 Å². The van der Waals surface area contributed by atoms with E-state index < -0.39 is 29.6 Å². The van der Waals surface area contributed by atoms with E-state index in [1.807, 2.05) is 36.4 Å². The second kappa shape index (κ2) is 11.5. The molecule has 0 radical (unpaired) electrons. The molecule has 9 heteroatoms. The van der Waals surface area contributed by atoms with E-state index in [1.165, 1.54) is 12.0 Å². The molecule has 3 amide bonds. The summed E-state index contributed by atoms with van der Waals surface area (Å²) in [6.45, 7) is 10.4. The molecule has 1 aliphatic carbocycles. The number of anilines is 1. The number of morpholine rings is 1. The van der Waals surface area contributed by atoms with Gasteiger partial charge in [0.25, 0.3) is 0 Å². The lowest BCUT2D eigenvalue weighted by molar-refractivity contribution is -0.142. The predicted octanol–water partition coefficient (Wildman–Crippen LogP) is 2.93. The summed E-state index contributed by atoms with van der Waals surface area (Å²) in [6, 6.07) is 7.11. The Kier molecular flexibility index (Phi) is 7.96. The lowest BCUT2D eigenvalue weighted by atomic mass is 9.74. The Morgan fingerprint density at radius 3 is 2.49 bits per heavy atom. The van der Waals surface area contributed by atoms with Gasteiger partial charge < -0.3 is 25.0 Å². The number of hydrogen-bond donors (Lipinski definition) is 2. The van der Waals surface area contributed by atoms with Gasteiger partial charge in [-0.15, -0.1) is 0 Å². The summed E-state index contributed by atoms with van der Waals surface area (Å²) >= 11 is 0. The highest BCUT2D eigenvalue weighted by Crippen LogP contribution is 2.55. The normalized spacial score (nSPS) is 34.7. The number of rotatable bonds is 8. The number of nitrogens with one attached hydrogen (secondary N) is 2. The van der Waals surface area contributed by atoms with E-state index in [1.54, 1.807) is 4.90 Å². The van der Waals surface area contributed by atoms with Gasteiger partial charge in [-0.05, 0) is 42.4 Å². The van der Waals surface area contributed by atoms with Crippen LogP contribution in [0.4, 0.5) is 5.69 Å². The third kappa shape index (κ3) is 5.21. The Hall–Kier alpha value is -2.75. The summed E-state index contributed by atoms with van der Waals surface area (Å²) in [5.41, 5.74) is 0.740. The minimum Gasteiger partial charge on any atom is -0.379 e. The fourth-order valence-corrected chi connectivity index (χ4v) is 7.55. The Morgan fingerprint density at radius 2 is 1.78 bits per heavy atom. The zero-order chi connectivity index (χ0) is 28.7. The van der Waals surface area contributed by atoms with E-state index >= 15 is 0 Å². The van der Waals surface area contributed by atoms with Crippen LogP contribution < -0.4 is 10.6 Å². The van der Waals surface area contributed by atoms with Crippen molar-refractivity contribution in [2.75, 3.05) is 44.7 Å². The molecular formula is C32H44N4O5. The van der Waals surface area contributed by atoms with Gasteiger partial charge in [0.2, 0.25) is 17.7 Å². The first-order chi connectivity index (χ1) is 19.8. The van der Waals surface area contributed by atoms with Crippen molar-refractivity contribution in [3.8, 4) is 0 Å². The molecule has 1 spiro atoms. The predicted molar refractivity (Wildman–Crippen MR) is 155 cm³/mol. The smallest absolute Gasteiger partial charge is 0.246 e. The van der Waals surface area contributed by atoms with E-state index in [2.05, 4.69) is 36.3 Å². The van der Waals surface area contributed by atoms with Crippen LogP contribution in [0.5, 0.6) is 0 Å². The third-order valence-electron chi connectivity index (χ3n) is 9.97. The van der Waals surface area contributed by atoms with Gasteiger partial charge in [-0.1, -0.05) is 57.9 Å². The minimum absolute atomic E-state index is 0.0818. The third-order valence-corrected chi connectivity index (χ3v) is 9.97. The van der Waals surface area contributed by atoms with Crippen LogP contribution >= 0.6 is 0 Å². The maximum absolute atomic E-state index is 14.2. The zero-order valence-corrected chi connectivity index (χ0v) is 24.5. The molecule has 6 rings (SSSR count). The number of benzene rings is 1. The molecule has 9 nitrogen and oxygen atoms in total. The molecule has 5 aliphatic rings. The Balaban J connectivity index is 1.25. The topological polar surface area (TPSA) is 100 Å². The molecule has 4 fully saturated rings. The molecule has 0 aromatic heterocycles. The largest absolute Gasteiger partial charge is 0.379 e. The van der Waals surface area contributed by atoms with Crippen molar-refractivity contribution in [1.29, 1.82) is 0 Å². The number of carbonyl (C=O) groups is 3. The minimum atomic E-state index is -1.14. The van der Waals surface area contributed by atoms with Crippen LogP contribution in [-0.2, 0) is 23.9 Å². The standard InChI is InChI=1S/C32H44N4O5/c1-20(2)22-8-10-23(11-9-22)33-29(37)26-25-12-13-32(41-25)27(26)31(39)36(15-14-35-16-18-40-19-17-35)28(32)30(38)34-24-7-5-4-6-21(24)3/h8-13,20-21,24-28H,4-7,14-19H2,1-3H3,(H,33,37)(H,34,38)/t21-,24-,25-,26+,27-,28-,32-/m0/s1. The van der Waals surface area contributed by atoms with Gasteiger partial charge in [0.15, 0.2) is 0 Å². The molecule has 2 bridgehead atoms. The number of hydrogen-bond acceptors (Lipinski definition) is 6. The first kappa shape index (κ1) is 28.4. The van der Waals surface area contributed by atoms with Crippen molar-refractivity contribution in [1.82, 2.24) is 15.1 Å². The van der Waals surface area contributed by atoms with Crippen molar-refractivity contribution in [2.45, 2.75) is 76.2 Å². The van der Waals surface area contributed by atoms with Crippen LogP contribution in [0, 0.1) is 17.8 Å². The Bertz CT molecular complexity index is 1180. The van der Waals surface area contributed by atoms with Crippen LogP contribution in [0.2, 0.25) is 0 Å². The Morgan fingerprint density at radius 1 is 1.05 bits per heavy atom. The molecule has 2 N–H and O–H groups in total. The quantitative estimate of drug-likeness (QED) is 0.471. The van der Waals surface area contributed by atoms with Crippen molar-refractivity contribution in [2.24, 2.45) is 17.8 Å². The Labute approximate surface area is 243 Å². The maximum Gasteiger partial charge on any atom is 0.246 e. The molecule has 4 heterocycles. The van der Waals surface area contributed by atoms with E-state index in [0.717, 1.165) is 32.4 Å². The lowest BCUT2D eigenvalue weighted by Crippen LogP contribution is -2.58. The summed E-state index contributed by atoms with van der Waals surface area (Å²) in [5.74, 6) is -1.24. The molecule has 41 heavy (non-hydrogen) atoms. The molecule has 0 unspecified atom stereocenters. The van der Waals surface area contributed by atoms with Gasteiger partial charge in [-0.25, -0.2) is 0 Å². The number of amides is 3. The second-order valence-corrected chi connectivity index (χ2v) is 12.8. The first-order valence-electron chi connectivity index (χ1n) is 15.5. The van der Waals surface area contributed by atoms with Crippen LogP contribution in [0.15, 0.2) is 36.4 Å². The monoisotopic (exact) mass is 564 g/mol. The van der Waals surface area contributed by atoms with Crippen molar-refractivity contribution in [3.63, 3.8) is 0 Å². The molecule has 1 aromatic rings. The molecule has 4 aliphatic heterocycles. The molecular weight excluding hydrogens is 520 g/mol. The van der Waals surface area contributed by atoms with E-state index in [0.29, 0.717) is 43.8 Å². The van der Waals surface area contributed by atoms with Crippen LogP contribution in [-0.4, -0.2) is 90.7 Å². The highest BCUT2D eigenvalue weighted by Gasteiger charge is 2.72. The van der Waals surface area contributed by atoms with Crippen molar-refractivity contribution < 1.29 is 23.9 Å². The average Bonchev–Trinajstić information content (AvgIpc) is 3.61. The first-order valence-corrected chi connectivity index (χ1v) is 15.5. The maximum atomic E-state index is 14.2. The number of ether oxygens (including phenoxy) is 2. The number of carbonyl (C=O) groups excluding carboxylic acids is 3. The zero-order valence-electron chi connectivity index (χ0n) is 24.5. The van der Waals surface area contributed by atoms with E-state index in [9.17, 15) is 14.4 Å². The highest BCUT2D eigenvalue weighted by molar-refractivity contribution is 6.02. The fourth-order valence-electron chi connectivity index (χ4n) is 7.55. The molecule has 7 atom stereocenters. The van der Waals surface area contributed by atoms with E-state index in [-0.39, 0.29) is 23.8 Å². The average molecular weight is 565 g/mol. The molecule has 1 saturated carbocycles. The van der Waals surface area contributed by atoms with Crippen LogP contribution in [0.3, 0.4) is 0 Å². The van der Waals surface area contributed by atoms with E-state index in [4.69, 9.17) is 9.47 Å². The van der Waals surface area contributed by atoms with Crippen molar-refractivity contribution >= 4 is 23.4 Å². The molecule has 3 saturated heterocycles. The number of likely N-dealkylation sites (tertiary alicyclic amines) is 1. The molecule has 1 aromatic carbocycles. The van der Waals surface area contributed by atoms with Crippen LogP contribution in [0.25, 0.3) is 0 Å². The number of fused-ring (bicyclic) bond motifs is 1. The number of nitrogens with zero attached hydrogens (tertiary/aromatic N) is 2. The summed E-state index contributed by atoms with van der Waals surface area (Å²) in [7, 11) is 0. The highest BCUT2D eigenvalue weighted by atomic mass is 16.5.